The van der Waals surface area contributed by atoms with E-state index < -0.39 is 10.0 Å². The van der Waals surface area contributed by atoms with E-state index in [2.05, 4.69) is 10.3 Å². The molecule has 0 saturated carbocycles. The van der Waals surface area contributed by atoms with E-state index in [-0.39, 0.29) is 28.8 Å². The Morgan fingerprint density at radius 1 is 1.31 bits per heavy atom. The third-order valence-electron chi connectivity index (χ3n) is 5.28. The van der Waals surface area contributed by atoms with Gasteiger partial charge in [0.05, 0.1) is 12.4 Å². The summed E-state index contributed by atoms with van der Waals surface area (Å²) in [5, 5.41) is 3.45. The molecule has 2 heterocycles. The average Bonchev–Trinajstić information content (AvgIpc) is 3.30. The summed E-state index contributed by atoms with van der Waals surface area (Å²) in [6, 6.07) is 6.33. The van der Waals surface area contributed by atoms with Crippen LogP contribution in [-0.2, 0) is 21.8 Å². The summed E-state index contributed by atoms with van der Waals surface area (Å²) in [5.74, 6) is -0.262. The van der Waals surface area contributed by atoms with Gasteiger partial charge in [-0.1, -0.05) is 12.1 Å². The van der Waals surface area contributed by atoms with E-state index in [1.807, 2.05) is 13.8 Å². The lowest BCUT2D eigenvalue weighted by Gasteiger charge is -2.20. The van der Waals surface area contributed by atoms with Gasteiger partial charge in [-0.3, -0.25) is 0 Å². The fourth-order valence-corrected chi connectivity index (χ4v) is 5.28. The first kappa shape index (κ1) is 21.9. The number of nitrogens with one attached hydrogen (secondary N) is 1. The van der Waals surface area contributed by atoms with Crippen LogP contribution in [0.4, 0.5) is 4.39 Å². The molecule has 1 fully saturated rings. The quantitative estimate of drug-likeness (QED) is 0.666. The maximum absolute atomic E-state index is 13.4. The molecule has 1 aromatic heterocycles. The lowest BCUT2D eigenvalue weighted by atomic mass is 9.89. The lowest BCUT2D eigenvalue weighted by molar-refractivity contribution is 0.0754. The largest absolute Gasteiger partial charge is 0.377 e. The topological polar surface area (TPSA) is 76.5 Å². The highest BCUT2D eigenvalue weighted by atomic mass is 32.2. The molecule has 3 atom stereocenters. The SMILES string of the molecule is CCOC(C)CNCC1CN(S(=O)(=O)c2cn(C)cn2)CC1c1ccc(F)cc1. The Morgan fingerprint density at radius 2 is 2.03 bits per heavy atom. The molecule has 0 aliphatic carbocycles. The van der Waals surface area contributed by atoms with Crippen molar-refractivity contribution in [1.29, 1.82) is 0 Å². The van der Waals surface area contributed by atoms with Crippen LogP contribution in [-0.4, -0.2) is 61.2 Å². The van der Waals surface area contributed by atoms with Gasteiger partial charge in [0.2, 0.25) is 0 Å². The highest BCUT2D eigenvalue weighted by Gasteiger charge is 2.40. The van der Waals surface area contributed by atoms with Gasteiger partial charge in [0, 0.05) is 45.4 Å². The van der Waals surface area contributed by atoms with Crippen molar-refractivity contribution in [1.82, 2.24) is 19.2 Å². The molecule has 29 heavy (non-hydrogen) atoms. The summed E-state index contributed by atoms with van der Waals surface area (Å²) in [6.45, 7) is 6.68. The monoisotopic (exact) mass is 424 g/mol. The molecule has 1 aliphatic heterocycles. The molecule has 0 spiro atoms. The second-order valence-electron chi connectivity index (χ2n) is 7.54. The van der Waals surface area contributed by atoms with E-state index in [0.717, 1.165) is 5.56 Å². The fourth-order valence-electron chi connectivity index (χ4n) is 3.79. The van der Waals surface area contributed by atoms with Crippen LogP contribution < -0.4 is 5.32 Å². The smallest absolute Gasteiger partial charge is 0.262 e. The first-order chi connectivity index (χ1) is 13.8. The van der Waals surface area contributed by atoms with Gasteiger partial charge in [-0.05, 0) is 44.0 Å². The Bertz CT molecular complexity index is 901. The van der Waals surface area contributed by atoms with E-state index in [1.165, 1.54) is 29.0 Å². The molecular formula is C20H29FN4O3S. The number of aromatic nitrogens is 2. The van der Waals surface area contributed by atoms with Crippen LogP contribution in [0.3, 0.4) is 0 Å². The van der Waals surface area contributed by atoms with Crippen LogP contribution in [0.2, 0.25) is 0 Å². The van der Waals surface area contributed by atoms with Crippen molar-refractivity contribution >= 4 is 10.0 Å². The van der Waals surface area contributed by atoms with Crippen molar-refractivity contribution < 1.29 is 17.5 Å². The van der Waals surface area contributed by atoms with Gasteiger partial charge >= 0.3 is 0 Å². The molecule has 1 saturated heterocycles. The summed E-state index contributed by atoms with van der Waals surface area (Å²) in [7, 11) is -1.94. The van der Waals surface area contributed by atoms with Gasteiger partial charge in [0.1, 0.15) is 5.82 Å². The van der Waals surface area contributed by atoms with Crippen molar-refractivity contribution in [3.8, 4) is 0 Å². The number of halogens is 1. The lowest BCUT2D eigenvalue weighted by Crippen LogP contribution is -2.34. The Balaban J connectivity index is 1.77. The van der Waals surface area contributed by atoms with Crippen molar-refractivity contribution in [3.05, 3.63) is 48.2 Å². The number of sulfonamides is 1. The highest BCUT2D eigenvalue weighted by Crippen LogP contribution is 2.35. The second kappa shape index (κ2) is 9.34. The maximum atomic E-state index is 13.4. The molecule has 0 amide bonds. The standard InChI is InChI=1S/C20H29FN4O3S/c1-4-28-15(2)9-22-10-17-11-25(29(26,27)20-13-24(3)14-23-20)12-19(17)16-5-7-18(21)8-6-16/h5-8,13-15,17,19,22H,4,9-12H2,1-3H3. The van der Waals surface area contributed by atoms with Gasteiger partial charge in [0.15, 0.2) is 5.03 Å². The van der Waals surface area contributed by atoms with Crippen molar-refractivity contribution in [2.24, 2.45) is 13.0 Å². The Hall–Kier alpha value is -1.81. The van der Waals surface area contributed by atoms with Gasteiger partial charge in [-0.2, -0.15) is 4.31 Å². The van der Waals surface area contributed by atoms with E-state index in [0.29, 0.717) is 32.8 Å². The number of aryl methyl sites for hydroxylation is 1. The predicted molar refractivity (Wildman–Crippen MR) is 109 cm³/mol. The van der Waals surface area contributed by atoms with Crippen molar-refractivity contribution in [2.75, 3.05) is 32.8 Å². The summed E-state index contributed by atoms with van der Waals surface area (Å²) >= 11 is 0. The number of rotatable bonds is 9. The Kier molecular flexibility index (Phi) is 7.05. The number of benzene rings is 1. The minimum Gasteiger partial charge on any atom is -0.377 e. The fraction of sp³-hybridized carbons (Fsp3) is 0.550. The molecule has 1 aromatic carbocycles. The van der Waals surface area contributed by atoms with Gasteiger partial charge in [-0.15, -0.1) is 0 Å². The van der Waals surface area contributed by atoms with Gasteiger partial charge in [-0.25, -0.2) is 17.8 Å². The minimum atomic E-state index is -3.68. The Labute approximate surface area is 171 Å². The summed E-state index contributed by atoms with van der Waals surface area (Å²) < 4.78 is 48.1. The number of hydrogen-bond acceptors (Lipinski definition) is 5. The minimum absolute atomic E-state index is 0.0241. The van der Waals surface area contributed by atoms with Crippen molar-refractivity contribution in [3.63, 3.8) is 0 Å². The highest BCUT2D eigenvalue weighted by molar-refractivity contribution is 7.89. The molecule has 1 aliphatic rings. The predicted octanol–water partition coefficient (Wildman–Crippen LogP) is 1.98. The number of imidazole rings is 1. The summed E-state index contributed by atoms with van der Waals surface area (Å²) in [6.07, 6.45) is 3.07. The molecule has 160 valence electrons. The molecule has 2 aromatic rings. The van der Waals surface area contributed by atoms with Crippen LogP contribution >= 0.6 is 0 Å². The summed E-state index contributed by atoms with van der Waals surface area (Å²) in [4.78, 5) is 4.02. The molecule has 1 N–H and O–H groups in total. The summed E-state index contributed by atoms with van der Waals surface area (Å²) in [5.41, 5.74) is 0.940. The van der Waals surface area contributed by atoms with E-state index in [9.17, 15) is 12.8 Å². The van der Waals surface area contributed by atoms with Crippen LogP contribution in [0.5, 0.6) is 0 Å². The van der Waals surface area contributed by atoms with Gasteiger partial charge in [0.25, 0.3) is 10.0 Å². The average molecular weight is 425 g/mol. The molecular weight excluding hydrogens is 395 g/mol. The van der Waals surface area contributed by atoms with E-state index in [1.54, 1.807) is 23.7 Å². The second-order valence-corrected chi connectivity index (χ2v) is 9.43. The third-order valence-corrected chi connectivity index (χ3v) is 7.00. The Morgan fingerprint density at radius 3 is 2.66 bits per heavy atom. The van der Waals surface area contributed by atoms with E-state index in [4.69, 9.17) is 4.74 Å². The van der Waals surface area contributed by atoms with Crippen LogP contribution in [0, 0.1) is 11.7 Å². The third kappa shape index (κ3) is 5.22. The maximum Gasteiger partial charge on any atom is 0.262 e. The van der Waals surface area contributed by atoms with Gasteiger partial charge < -0.3 is 14.6 Å². The zero-order valence-electron chi connectivity index (χ0n) is 17.1. The molecule has 9 heteroatoms. The number of hydrogen-bond donors (Lipinski definition) is 1. The van der Waals surface area contributed by atoms with E-state index >= 15 is 0 Å². The first-order valence-corrected chi connectivity index (χ1v) is 11.3. The molecule has 3 rings (SSSR count). The molecule has 0 radical (unpaired) electrons. The zero-order chi connectivity index (χ0) is 21.0. The molecule has 7 nitrogen and oxygen atoms in total. The first-order valence-electron chi connectivity index (χ1n) is 9.87. The van der Waals surface area contributed by atoms with Crippen LogP contribution in [0.1, 0.15) is 25.3 Å². The molecule has 0 bridgehead atoms. The normalized spacial score (nSPS) is 21.5. The van der Waals surface area contributed by atoms with Crippen LogP contribution in [0.15, 0.2) is 41.8 Å². The number of nitrogens with zero attached hydrogens (tertiary/aromatic N) is 3. The number of ether oxygens (including phenoxy) is 1. The molecule has 3 unspecified atom stereocenters. The zero-order valence-corrected chi connectivity index (χ0v) is 17.9. The van der Waals surface area contributed by atoms with Crippen LogP contribution in [0.25, 0.3) is 0 Å². The van der Waals surface area contributed by atoms with Crippen molar-refractivity contribution in [2.45, 2.75) is 30.9 Å².